The molecule has 0 amide bonds. The summed E-state index contributed by atoms with van der Waals surface area (Å²) in [6.45, 7) is 4.30. The van der Waals surface area contributed by atoms with Crippen LogP contribution in [0.3, 0.4) is 0 Å². The molecule has 0 saturated carbocycles. The van der Waals surface area contributed by atoms with Gasteiger partial charge in [0, 0.05) is 10.4 Å². The molecule has 1 heterocycles. The standard InChI is InChI=1S/C10H14ClNOS/c1-10(2)5-3-4-7-8(10)9(13)12(6-11)14-7/h3-6H2,1-2H3. The van der Waals surface area contributed by atoms with Gasteiger partial charge in [0.1, 0.15) is 6.00 Å². The summed E-state index contributed by atoms with van der Waals surface area (Å²) in [4.78, 5) is 13.2. The quantitative estimate of drug-likeness (QED) is 0.682. The van der Waals surface area contributed by atoms with Gasteiger partial charge in [-0.2, -0.15) is 0 Å². The predicted octanol–water partition coefficient (Wildman–Crippen LogP) is 2.72. The summed E-state index contributed by atoms with van der Waals surface area (Å²) in [5.41, 5.74) is 1.18. The SMILES string of the molecule is CC1(C)CCCc2sn(CCl)c(=O)c21. The van der Waals surface area contributed by atoms with Gasteiger partial charge >= 0.3 is 0 Å². The van der Waals surface area contributed by atoms with Gasteiger partial charge in [0.2, 0.25) is 0 Å². The van der Waals surface area contributed by atoms with Crippen molar-refractivity contribution >= 4 is 23.1 Å². The Morgan fingerprint density at radius 1 is 1.57 bits per heavy atom. The highest BCUT2D eigenvalue weighted by Crippen LogP contribution is 2.36. The Morgan fingerprint density at radius 3 is 2.86 bits per heavy atom. The second-order valence-electron chi connectivity index (χ2n) is 4.43. The average Bonchev–Trinajstić information content (AvgIpc) is 2.43. The molecular formula is C10H14ClNOS. The molecule has 14 heavy (non-hydrogen) atoms. The molecule has 0 unspecified atom stereocenters. The summed E-state index contributed by atoms with van der Waals surface area (Å²) in [7, 11) is 0. The molecule has 2 nitrogen and oxygen atoms in total. The lowest BCUT2D eigenvalue weighted by Crippen LogP contribution is -2.30. The Morgan fingerprint density at radius 2 is 2.29 bits per heavy atom. The molecule has 0 aromatic carbocycles. The van der Waals surface area contributed by atoms with E-state index in [0.29, 0.717) is 0 Å². The van der Waals surface area contributed by atoms with Crippen LogP contribution in [-0.4, -0.2) is 3.96 Å². The van der Waals surface area contributed by atoms with Crippen molar-refractivity contribution in [2.45, 2.75) is 44.5 Å². The van der Waals surface area contributed by atoms with E-state index in [1.807, 2.05) is 0 Å². The van der Waals surface area contributed by atoms with Gasteiger partial charge in [0.05, 0.1) is 0 Å². The van der Waals surface area contributed by atoms with Crippen LogP contribution in [0.2, 0.25) is 0 Å². The fourth-order valence-corrected chi connectivity index (χ4v) is 3.63. The molecule has 1 aromatic heterocycles. The van der Waals surface area contributed by atoms with Crippen LogP contribution in [-0.2, 0) is 17.8 Å². The van der Waals surface area contributed by atoms with Gasteiger partial charge in [-0.25, -0.2) is 3.96 Å². The first-order valence-electron chi connectivity index (χ1n) is 4.86. The molecule has 0 aliphatic heterocycles. The van der Waals surface area contributed by atoms with Gasteiger partial charge in [-0.1, -0.05) is 25.4 Å². The summed E-state index contributed by atoms with van der Waals surface area (Å²) in [6, 6.07) is 0.284. The molecule has 1 aliphatic carbocycles. The Balaban J connectivity index is 2.63. The van der Waals surface area contributed by atoms with E-state index < -0.39 is 0 Å². The smallest absolute Gasteiger partial charge is 0.265 e. The second kappa shape index (κ2) is 3.38. The van der Waals surface area contributed by atoms with Gasteiger partial charge in [-0.3, -0.25) is 4.79 Å². The number of hydrogen-bond acceptors (Lipinski definition) is 2. The van der Waals surface area contributed by atoms with E-state index in [4.69, 9.17) is 11.6 Å². The first-order valence-corrected chi connectivity index (χ1v) is 6.16. The zero-order valence-corrected chi connectivity index (χ0v) is 10.0. The lowest BCUT2D eigenvalue weighted by atomic mass is 9.76. The van der Waals surface area contributed by atoms with E-state index in [9.17, 15) is 4.79 Å². The molecule has 0 N–H and O–H groups in total. The monoisotopic (exact) mass is 231 g/mol. The number of hydrogen-bond donors (Lipinski definition) is 0. The fourth-order valence-electron chi connectivity index (χ4n) is 2.20. The van der Waals surface area contributed by atoms with Crippen LogP contribution in [0.15, 0.2) is 4.79 Å². The summed E-state index contributed by atoms with van der Waals surface area (Å²) >= 11 is 7.25. The second-order valence-corrected chi connectivity index (χ2v) is 5.79. The molecule has 78 valence electrons. The van der Waals surface area contributed by atoms with Crippen LogP contribution in [0.5, 0.6) is 0 Å². The largest absolute Gasteiger partial charge is 0.268 e. The molecule has 1 aromatic rings. The number of alkyl halides is 1. The zero-order chi connectivity index (χ0) is 10.3. The number of aryl methyl sites for hydroxylation is 1. The van der Waals surface area contributed by atoms with Crippen LogP contribution >= 0.6 is 23.1 Å². The van der Waals surface area contributed by atoms with Crippen molar-refractivity contribution in [1.82, 2.24) is 3.96 Å². The third kappa shape index (κ3) is 1.43. The minimum atomic E-state index is 0.0402. The lowest BCUT2D eigenvalue weighted by molar-refractivity contribution is 0.431. The molecule has 4 heteroatoms. The summed E-state index contributed by atoms with van der Waals surface area (Å²) in [6.07, 6.45) is 3.33. The molecular weight excluding hydrogens is 218 g/mol. The summed E-state index contributed by atoms with van der Waals surface area (Å²) in [5, 5.41) is 0. The maximum atomic E-state index is 11.9. The number of nitrogens with zero attached hydrogens (tertiary/aromatic N) is 1. The van der Waals surface area contributed by atoms with Crippen molar-refractivity contribution in [3.8, 4) is 0 Å². The van der Waals surface area contributed by atoms with Crippen LogP contribution in [0, 0.1) is 0 Å². The van der Waals surface area contributed by atoms with E-state index in [2.05, 4.69) is 13.8 Å². The molecule has 2 rings (SSSR count). The topological polar surface area (TPSA) is 22.0 Å². The minimum Gasteiger partial charge on any atom is -0.268 e. The third-order valence-corrected chi connectivity index (χ3v) is 4.46. The summed E-state index contributed by atoms with van der Waals surface area (Å²) < 4.78 is 1.65. The van der Waals surface area contributed by atoms with Gasteiger partial charge < -0.3 is 0 Å². The highest BCUT2D eigenvalue weighted by Gasteiger charge is 2.32. The lowest BCUT2D eigenvalue weighted by Gasteiger charge is -2.28. The van der Waals surface area contributed by atoms with Gasteiger partial charge in [-0.05, 0) is 24.7 Å². The van der Waals surface area contributed by atoms with Gasteiger partial charge in [0.15, 0.2) is 0 Å². The van der Waals surface area contributed by atoms with Crippen molar-refractivity contribution in [2.24, 2.45) is 0 Å². The van der Waals surface area contributed by atoms with Crippen LogP contribution in [0.4, 0.5) is 0 Å². The van der Waals surface area contributed by atoms with E-state index in [-0.39, 0.29) is 17.0 Å². The van der Waals surface area contributed by atoms with Crippen LogP contribution in [0.25, 0.3) is 0 Å². The third-order valence-electron chi connectivity index (χ3n) is 2.93. The summed E-state index contributed by atoms with van der Waals surface area (Å²) in [5.74, 6) is 0. The van der Waals surface area contributed by atoms with Crippen molar-refractivity contribution in [3.05, 3.63) is 20.8 Å². The average molecular weight is 232 g/mol. The molecule has 0 atom stereocenters. The van der Waals surface area contributed by atoms with Gasteiger partial charge in [-0.15, -0.1) is 11.6 Å². The highest BCUT2D eigenvalue weighted by molar-refractivity contribution is 7.06. The Bertz CT molecular complexity index is 405. The first kappa shape index (κ1) is 10.2. The van der Waals surface area contributed by atoms with E-state index in [1.54, 1.807) is 3.96 Å². The molecule has 0 radical (unpaired) electrons. The Kier molecular flexibility index (Phi) is 2.48. The van der Waals surface area contributed by atoms with E-state index in [0.717, 1.165) is 18.4 Å². The fraction of sp³-hybridized carbons (Fsp3) is 0.700. The van der Waals surface area contributed by atoms with E-state index >= 15 is 0 Å². The predicted molar refractivity (Wildman–Crippen MR) is 60.4 cm³/mol. The van der Waals surface area contributed by atoms with Crippen molar-refractivity contribution in [3.63, 3.8) is 0 Å². The molecule has 0 spiro atoms. The number of halogens is 1. The van der Waals surface area contributed by atoms with Crippen LogP contribution in [0.1, 0.15) is 37.1 Å². The number of rotatable bonds is 1. The zero-order valence-electron chi connectivity index (χ0n) is 8.47. The van der Waals surface area contributed by atoms with E-state index in [1.165, 1.54) is 22.8 Å². The molecule has 1 aliphatic rings. The minimum absolute atomic E-state index is 0.0402. The molecule has 0 fully saturated rings. The maximum absolute atomic E-state index is 11.9. The highest BCUT2D eigenvalue weighted by atomic mass is 35.5. The number of fused-ring (bicyclic) bond motifs is 1. The Hall–Kier alpha value is -0.280. The van der Waals surface area contributed by atoms with Crippen LogP contribution < -0.4 is 5.56 Å². The molecule has 0 bridgehead atoms. The van der Waals surface area contributed by atoms with Crippen molar-refractivity contribution < 1.29 is 0 Å². The number of aromatic nitrogens is 1. The van der Waals surface area contributed by atoms with Crippen molar-refractivity contribution in [1.29, 1.82) is 0 Å². The molecule has 0 saturated heterocycles. The van der Waals surface area contributed by atoms with Crippen molar-refractivity contribution in [2.75, 3.05) is 0 Å². The normalized spacial score (nSPS) is 19.4. The first-order chi connectivity index (χ1) is 6.56. The maximum Gasteiger partial charge on any atom is 0.265 e. The Labute approximate surface area is 92.7 Å². The van der Waals surface area contributed by atoms with Gasteiger partial charge in [0.25, 0.3) is 5.56 Å².